The van der Waals surface area contributed by atoms with Crippen molar-refractivity contribution in [1.29, 1.82) is 0 Å². The van der Waals surface area contributed by atoms with Crippen molar-refractivity contribution in [3.8, 4) is 11.5 Å². The lowest BCUT2D eigenvalue weighted by atomic mass is 10.2. The first-order valence-electron chi connectivity index (χ1n) is 9.98. The standard InChI is InChI=1S/C25H19Cl2NO3S2/c1-30-19-9-6-16(7-10-19)14-28-24(29)23(33-25(28)32)13-17-8-11-22(21(27)12-17)31-15-18-4-2-3-5-20(18)26/h2-13H,14-15H2,1H3. The molecular formula is C25H19Cl2NO3S2. The molecule has 1 saturated heterocycles. The molecule has 0 N–H and O–H groups in total. The zero-order chi connectivity index (χ0) is 23.4. The van der Waals surface area contributed by atoms with E-state index in [9.17, 15) is 4.79 Å². The smallest absolute Gasteiger partial charge is 0.266 e. The van der Waals surface area contributed by atoms with Gasteiger partial charge < -0.3 is 9.47 Å². The van der Waals surface area contributed by atoms with Crippen LogP contribution in [0.1, 0.15) is 16.7 Å². The number of methoxy groups -OCH3 is 1. The third-order valence-corrected chi connectivity index (χ3v) is 7.01. The summed E-state index contributed by atoms with van der Waals surface area (Å²) in [4.78, 5) is 15.1. The van der Waals surface area contributed by atoms with Crippen molar-refractivity contribution < 1.29 is 14.3 Å². The second-order valence-corrected chi connectivity index (χ2v) is 9.68. The van der Waals surface area contributed by atoms with E-state index in [0.717, 1.165) is 22.4 Å². The molecule has 1 aliphatic heterocycles. The fourth-order valence-electron chi connectivity index (χ4n) is 3.20. The SMILES string of the molecule is COc1ccc(CN2C(=O)C(=Cc3ccc(OCc4ccccc4Cl)c(Cl)c3)SC2=S)cc1. The molecule has 0 aliphatic carbocycles. The number of nitrogens with zero attached hydrogens (tertiary/aromatic N) is 1. The van der Waals surface area contributed by atoms with Gasteiger partial charge in [-0.2, -0.15) is 0 Å². The van der Waals surface area contributed by atoms with Crippen LogP contribution in [0.4, 0.5) is 0 Å². The summed E-state index contributed by atoms with van der Waals surface area (Å²) in [6, 6.07) is 20.4. The van der Waals surface area contributed by atoms with E-state index in [2.05, 4.69) is 0 Å². The lowest BCUT2D eigenvalue weighted by Gasteiger charge is -2.14. The highest BCUT2D eigenvalue weighted by molar-refractivity contribution is 8.26. The van der Waals surface area contributed by atoms with Gasteiger partial charge >= 0.3 is 0 Å². The maximum absolute atomic E-state index is 12.9. The van der Waals surface area contributed by atoms with Crippen molar-refractivity contribution in [3.05, 3.63) is 98.4 Å². The van der Waals surface area contributed by atoms with E-state index in [1.54, 1.807) is 30.2 Å². The van der Waals surface area contributed by atoms with Gasteiger partial charge in [0.05, 0.1) is 23.6 Å². The van der Waals surface area contributed by atoms with Crippen LogP contribution in [0.25, 0.3) is 6.08 Å². The number of thiocarbonyl (C=S) groups is 1. The Kier molecular flexibility index (Phi) is 7.60. The Morgan fingerprint density at radius 1 is 1.03 bits per heavy atom. The van der Waals surface area contributed by atoms with Crippen LogP contribution in [0.3, 0.4) is 0 Å². The summed E-state index contributed by atoms with van der Waals surface area (Å²) in [5.41, 5.74) is 2.63. The van der Waals surface area contributed by atoms with E-state index in [-0.39, 0.29) is 5.91 Å². The Hall–Kier alpha value is -2.51. The number of carbonyl (C=O) groups excluding carboxylic acids is 1. The predicted molar refractivity (Wildman–Crippen MR) is 139 cm³/mol. The Bertz CT molecular complexity index is 1230. The first-order chi connectivity index (χ1) is 15.9. The molecule has 0 atom stereocenters. The number of ether oxygens (including phenoxy) is 2. The third-order valence-electron chi connectivity index (χ3n) is 4.97. The van der Waals surface area contributed by atoms with Crippen LogP contribution in [-0.4, -0.2) is 22.2 Å². The van der Waals surface area contributed by atoms with Gasteiger partial charge in [0.1, 0.15) is 22.4 Å². The first kappa shape index (κ1) is 23.6. The van der Waals surface area contributed by atoms with Gasteiger partial charge in [-0.1, -0.05) is 83.6 Å². The fraction of sp³-hybridized carbons (Fsp3) is 0.120. The zero-order valence-corrected chi connectivity index (χ0v) is 20.7. The van der Waals surface area contributed by atoms with Gasteiger partial charge in [-0.25, -0.2) is 0 Å². The van der Waals surface area contributed by atoms with Gasteiger partial charge in [-0.05, 0) is 47.5 Å². The molecule has 4 rings (SSSR count). The summed E-state index contributed by atoms with van der Waals surface area (Å²) in [7, 11) is 1.62. The Morgan fingerprint density at radius 2 is 1.79 bits per heavy atom. The van der Waals surface area contributed by atoms with E-state index >= 15 is 0 Å². The van der Waals surface area contributed by atoms with Gasteiger partial charge in [0.15, 0.2) is 0 Å². The van der Waals surface area contributed by atoms with Crippen LogP contribution in [0, 0.1) is 0 Å². The van der Waals surface area contributed by atoms with Gasteiger partial charge in [0.25, 0.3) is 5.91 Å². The normalized spacial score (nSPS) is 14.8. The number of hydrogen-bond donors (Lipinski definition) is 0. The molecule has 1 aliphatic rings. The summed E-state index contributed by atoms with van der Waals surface area (Å²) < 4.78 is 11.5. The number of thioether (sulfide) groups is 1. The largest absolute Gasteiger partial charge is 0.497 e. The molecule has 0 unspecified atom stereocenters. The zero-order valence-electron chi connectivity index (χ0n) is 17.6. The number of rotatable bonds is 7. The summed E-state index contributed by atoms with van der Waals surface area (Å²) in [5, 5.41) is 1.09. The molecule has 1 amide bonds. The molecular weight excluding hydrogens is 497 g/mol. The minimum absolute atomic E-state index is 0.129. The highest BCUT2D eigenvalue weighted by Gasteiger charge is 2.32. The van der Waals surface area contributed by atoms with Crippen LogP contribution >= 0.6 is 47.2 Å². The number of halogens is 2. The van der Waals surface area contributed by atoms with E-state index in [0.29, 0.717) is 38.2 Å². The average Bonchev–Trinajstić information content (AvgIpc) is 3.07. The molecule has 8 heteroatoms. The molecule has 0 aromatic heterocycles. The number of amides is 1. The summed E-state index contributed by atoms with van der Waals surface area (Å²) in [6.07, 6.45) is 1.79. The van der Waals surface area contributed by atoms with E-state index in [1.807, 2.05) is 54.6 Å². The molecule has 168 valence electrons. The van der Waals surface area contributed by atoms with Crippen LogP contribution in [-0.2, 0) is 17.9 Å². The number of carbonyl (C=O) groups is 1. The molecule has 33 heavy (non-hydrogen) atoms. The van der Waals surface area contributed by atoms with Crippen LogP contribution < -0.4 is 9.47 Å². The first-order valence-corrected chi connectivity index (χ1v) is 12.0. The highest BCUT2D eigenvalue weighted by atomic mass is 35.5. The van der Waals surface area contributed by atoms with Crippen LogP contribution in [0.5, 0.6) is 11.5 Å². The van der Waals surface area contributed by atoms with Crippen LogP contribution in [0.15, 0.2) is 71.6 Å². The molecule has 4 nitrogen and oxygen atoms in total. The lowest BCUT2D eigenvalue weighted by Crippen LogP contribution is -2.27. The monoisotopic (exact) mass is 515 g/mol. The predicted octanol–water partition coefficient (Wildman–Crippen LogP) is 6.98. The van der Waals surface area contributed by atoms with E-state index < -0.39 is 0 Å². The Morgan fingerprint density at radius 3 is 2.48 bits per heavy atom. The molecule has 3 aromatic carbocycles. The number of hydrogen-bond acceptors (Lipinski definition) is 5. The molecule has 0 saturated carbocycles. The van der Waals surface area contributed by atoms with Crippen molar-refractivity contribution in [2.45, 2.75) is 13.2 Å². The summed E-state index contributed by atoms with van der Waals surface area (Å²) >= 11 is 19.3. The molecule has 3 aromatic rings. The summed E-state index contributed by atoms with van der Waals surface area (Å²) in [6.45, 7) is 0.713. The maximum Gasteiger partial charge on any atom is 0.266 e. The van der Waals surface area contributed by atoms with Crippen molar-refractivity contribution in [2.75, 3.05) is 7.11 Å². The topological polar surface area (TPSA) is 38.8 Å². The Labute approximate surface area is 212 Å². The minimum atomic E-state index is -0.129. The fourth-order valence-corrected chi connectivity index (χ4v) is 4.88. The second kappa shape index (κ2) is 10.6. The molecule has 1 heterocycles. The second-order valence-electron chi connectivity index (χ2n) is 7.19. The number of benzene rings is 3. The van der Waals surface area contributed by atoms with Gasteiger partial charge in [0, 0.05) is 10.6 Å². The molecule has 0 spiro atoms. The van der Waals surface area contributed by atoms with Gasteiger partial charge in [0.2, 0.25) is 0 Å². The molecule has 1 fully saturated rings. The van der Waals surface area contributed by atoms with Crippen molar-refractivity contribution in [1.82, 2.24) is 4.90 Å². The summed E-state index contributed by atoms with van der Waals surface area (Å²) in [5.74, 6) is 1.18. The quantitative estimate of drug-likeness (QED) is 0.250. The maximum atomic E-state index is 12.9. The minimum Gasteiger partial charge on any atom is -0.497 e. The van der Waals surface area contributed by atoms with E-state index in [1.165, 1.54) is 11.8 Å². The highest BCUT2D eigenvalue weighted by Crippen LogP contribution is 2.35. The van der Waals surface area contributed by atoms with Crippen molar-refractivity contribution >= 4 is 63.5 Å². The van der Waals surface area contributed by atoms with Crippen molar-refractivity contribution in [2.24, 2.45) is 0 Å². The molecule has 0 bridgehead atoms. The van der Waals surface area contributed by atoms with Gasteiger partial charge in [-0.15, -0.1) is 0 Å². The van der Waals surface area contributed by atoms with Crippen molar-refractivity contribution in [3.63, 3.8) is 0 Å². The van der Waals surface area contributed by atoms with Gasteiger partial charge in [-0.3, -0.25) is 9.69 Å². The lowest BCUT2D eigenvalue weighted by molar-refractivity contribution is -0.122. The van der Waals surface area contributed by atoms with E-state index in [4.69, 9.17) is 44.9 Å². The Balaban J connectivity index is 1.44. The van der Waals surface area contributed by atoms with Crippen LogP contribution in [0.2, 0.25) is 10.0 Å². The third kappa shape index (κ3) is 5.71. The average molecular weight is 516 g/mol. The molecule has 0 radical (unpaired) electrons.